The second-order valence-corrected chi connectivity index (χ2v) is 10.4. The first-order valence-corrected chi connectivity index (χ1v) is 11.8. The molecule has 1 N–H and O–H groups in total. The summed E-state index contributed by atoms with van der Waals surface area (Å²) in [6.45, 7) is 1.54. The highest BCUT2D eigenvalue weighted by Gasteiger charge is 2.40. The summed E-state index contributed by atoms with van der Waals surface area (Å²) in [6.07, 6.45) is 4.56. The standard InChI is InChI=1S/C22H25ClN2O3S/c1-15-7-10-18(23)13-21(15)25(29(27,28)19-5-3-2-4-6-19)14-22(26)24-20-12-16-8-9-17(20)11-16/h2-7,10,13,16-17,20H,8-9,11-12,14H2,1H3,(H,24,26)/t16-,17-,20-/m1/s1. The molecule has 7 heteroatoms. The fourth-order valence-electron chi connectivity index (χ4n) is 4.67. The molecule has 1 amide bonds. The van der Waals surface area contributed by atoms with Crippen LogP contribution >= 0.6 is 11.6 Å². The minimum atomic E-state index is -3.92. The van der Waals surface area contributed by atoms with E-state index in [-0.39, 0.29) is 23.4 Å². The number of aryl methyl sites for hydroxylation is 1. The van der Waals surface area contributed by atoms with Crippen molar-refractivity contribution in [3.05, 3.63) is 59.1 Å². The van der Waals surface area contributed by atoms with Crippen molar-refractivity contribution in [3.63, 3.8) is 0 Å². The summed E-state index contributed by atoms with van der Waals surface area (Å²) in [7, 11) is -3.92. The second-order valence-electron chi connectivity index (χ2n) is 8.10. The molecular formula is C22H25ClN2O3S. The van der Waals surface area contributed by atoms with Gasteiger partial charge < -0.3 is 5.32 Å². The van der Waals surface area contributed by atoms with Crippen LogP contribution in [0.3, 0.4) is 0 Å². The van der Waals surface area contributed by atoms with E-state index in [1.807, 2.05) is 6.92 Å². The fraction of sp³-hybridized carbons (Fsp3) is 0.409. The van der Waals surface area contributed by atoms with Gasteiger partial charge in [-0.2, -0.15) is 0 Å². The molecule has 2 saturated carbocycles. The predicted octanol–water partition coefficient (Wildman–Crippen LogP) is 4.15. The molecule has 2 aromatic carbocycles. The molecular weight excluding hydrogens is 408 g/mol. The monoisotopic (exact) mass is 432 g/mol. The number of halogens is 1. The van der Waals surface area contributed by atoms with Crippen molar-refractivity contribution in [2.45, 2.75) is 43.5 Å². The van der Waals surface area contributed by atoms with E-state index in [9.17, 15) is 13.2 Å². The number of sulfonamides is 1. The van der Waals surface area contributed by atoms with Gasteiger partial charge in [0.25, 0.3) is 10.0 Å². The Labute approximate surface area is 177 Å². The highest BCUT2D eigenvalue weighted by molar-refractivity contribution is 7.92. The Hall–Kier alpha value is -2.05. The molecule has 0 saturated heterocycles. The molecule has 4 rings (SSSR count). The first kappa shape index (κ1) is 20.2. The van der Waals surface area contributed by atoms with E-state index in [4.69, 9.17) is 11.6 Å². The number of rotatable bonds is 6. The number of hydrogen-bond acceptors (Lipinski definition) is 3. The lowest BCUT2D eigenvalue weighted by Crippen LogP contribution is -2.46. The molecule has 0 unspecified atom stereocenters. The molecule has 3 atom stereocenters. The number of benzene rings is 2. The average Bonchev–Trinajstić information content (AvgIpc) is 3.32. The van der Waals surface area contributed by atoms with Crippen LogP contribution in [0.5, 0.6) is 0 Å². The molecule has 2 fully saturated rings. The van der Waals surface area contributed by atoms with E-state index in [1.54, 1.807) is 36.4 Å². The largest absolute Gasteiger partial charge is 0.352 e. The first-order valence-electron chi connectivity index (χ1n) is 9.98. The van der Waals surface area contributed by atoms with E-state index >= 15 is 0 Å². The molecule has 0 radical (unpaired) electrons. The number of carbonyl (C=O) groups is 1. The number of nitrogens with zero attached hydrogens (tertiary/aromatic N) is 1. The Morgan fingerprint density at radius 3 is 2.55 bits per heavy atom. The van der Waals surface area contributed by atoms with Crippen LogP contribution in [0.25, 0.3) is 0 Å². The third kappa shape index (κ3) is 4.14. The smallest absolute Gasteiger partial charge is 0.264 e. The number of anilines is 1. The highest BCUT2D eigenvalue weighted by atomic mass is 35.5. The topological polar surface area (TPSA) is 66.5 Å². The van der Waals surface area contributed by atoms with Gasteiger partial charge >= 0.3 is 0 Å². The lowest BCUT2D eigenvalue weighted by Gasteiger charge is -2.28. The van der Waals surface area contributed by atoms with Crippen molar-refractivity contribution in [2.75, 3.05) is 10.8 Å². The van der Waals surface area contributed by atoms with Gasteiger partial charge in [0, 0.05) is 11.1 Å². The van der Waals surface area contributed by atoms with Crippen LogP contribution in [-0.4, -0.2) is 26.9 Å². The van der Waals surface area contributed by atoms with Crippen molar-refractivity contribution in [1.29, 1.82) is 0 Å². The number of carbonyl (C=O) groups excluding carboxylic acids is 1. The first-order chi connectivity index (χ1) is 13.8. The van der Waals surface area contributed by atoms with Gasteiger partial charge in [0.15, 0.2) is 0 Å². The Morgan fingerprint density at radius 1 is 1.14 bits per heavy atom. The van der Waals surface area contributed by atoms with Crippen molar-refractivity contribution in [2.24, 2.45) is 11.8 Å². The highest BCUT2D eigenvalue weighted by Crippen LogP contribution is 2.44. The van der Waals surface area contributed by atoms with Crippen LogP contribution in [0.15, 0.2) is 53.4 Å². The summed E-state index contributed by atoms with van der Waals surface area (Å²) in [4.78, 5) is 13.0. The zero-order valence-electron chi connectivity index (χ0n) is 16.3. The van der Waals surface area contributed by atoms with Gasteiger partial charge in [-0.1, -0.05) is 42.3 Å². The average molecular weight is 433 g/mol. The van der Waals surface area contributed by atoms with Crippen molar-refractivity contribution >= 4 is 33.2 Å². The predicted molar refractivity (Wildman–Crippen MR) is 115 cm³/mol. The number of amides is 1. The quantitative estimate of drug-likeness (QED) is 0.745. The van der Waals surface area contributed by atoms with Gasteiger partial charge in [0.05, 0.1) is 10.6 Å². The summed E-state index contributed by atoms with van der Waals surface area (Å²) in [5.74, 6) is 0.946. The SMILES string of the molecule is Cc1ccc(Cl)cc1N(CC(=O)N[C@@H]1C[C@@H]2CC[C@@H]1C2)S(=O)(=O)c1ccccc1. The fourth-order valence-corrected chi connectivity index (χ4v) is 6.34. The maximum Gasteiger partial charge on any atom is 0.264 e. The van der Waals surface area contributed by atoms with Crippen LogP contribution in [0.4, 0.5) is 5.69 Å². The van der Waals surface area contributed by atoms with Crippen LogP contribution in [0.2, 0.25) is 5.02 Å². The Balaban J connectivity index is 1.63. The lowest BCUT2D eigenvalue weighted by atomic mass is 9.95. The summed E-state index contributed by atoms with van der Waals surface area (Å²) < 4.78 is 28.0. The normalized spacial score (nSPS) is 23.2. The molecule has 2 aliphatic carbocycles. The molecule has 2 bridgehead atoms. The van der Waals surface area contributed by atoms with Crippen molar-refractivity contribution < 1.29 is 13.2 Å². The van der Waals surface area contributed by atoms with Gasteiger partial charge in [-0.3, -0.25) is 9.10 Å². The summed E-state index contributed by atoms with van der Waals surface area (Å²) in [5.41, 5.74) is 1.16. The van der Waals surface area contributed by atoms with Crippen LogP contribution in [0.1, 0.15) is 31.2 Å². The van der Waals surface area contributed by atoms with Crippen LogP contribution in [-0.2, 0) is 14.8 Å². The Morgan fingerprint density at radius 2 is 1.90 bits per heavy atom. The molecule has 0 aromatic heterocycles. The second kappa shape index (κ2) is 8.00. The zero-order valence-corrected chi connectivity index (χ0v) is 17.9. The summed E-state index contributed by atoms with van der Waals surface area (Å²) in [5, 5.41) is 3.51. The Bertz CT molecular complexity index is 1010. The van der Waals surface area contributed by atoms with Crippen LogP contribution < -0.4 is 9.62 Å². The summed E-state index contributed by atoms with van der Waals surface area (Å²) in [6, 6.07) is 13.4. The number of nitrogens with one attached hydrogen (secondary N) is 1. The maximum atomic E-state index is 13.4. The van der Waals surface area contributed by atoms with Gasteiger partial charge in [0.2, 0.25) is 5.91 Å². The van der Waals surface area contributed by atoms with E-state index in [2.05, 4.69) is 5.32 Å². The van der Waals surface area contributed by atoms with Crippen LogP contribution in [0, 0.1) is 18.8 Å². The molecule has 0 aliphatic heterocycles. The van der Waals surface area contributed by atoms with E-state index in [0.29, 0.717) is 22.5 Å². The number of fused-ring (bicyclic) bond motifs is 2. The lowest BCUT2D eigenvalue weighted by molar-refractivity contribution is -0.120. The van der Waals surface area contributed by atoms with E-state index in [1.165, 1.54) is 29.3 Å². The van der Waals surface area contributed by atoms with Crippen molar-refractivity contribution in [3.8, 4) is 0 Å². The molecule has 5 nitrogen and oxygen atoms in total. The molecule has 0 heterocycles. The molecule has 29 heavy (non-hydrogen) atoms. The van der Waals surface area contributed by atoms with Crippen molar-refractivity contribution in [1.82, 2.24) is 5.32 Å². The maximum absolute atomic E-state index is 13.4. The third-order valence-electron chi connectivity index (χ3n) is 6.14. The Kier molecular flexibility index (Phi) is 5.58. The summed E-state index contributed by atoms with van der Waals surface area (Å²) >= 11 is 6.15. The van der Waals surface area contributed by atoms with E-state index in [0.717, 1.165) is 18.4 Å². The van der Waals surface area contributed by atoms with Gasteiger partial charge in [-0.15, -0.1) is 0 Å². The minimum Gasteiger partial charge on any atom is -0.352 e. The zero-order chi connectivity index (χ0) is 20.6. The molecule has 0 spiro atoms. The molecule has 2 aromatic rings. The third-order valence-corrected chi connectivity index (χ3v) is 8.15. The van der Waals surface area contributed by atoms with Gasteiger partial charge in [-0.05, 0) is 67.9 Å². The van der Waals surface area contributed by atoms with E-state index < -0.39 is 10.0 Å². The van der Waals surface area contributed by atoms with Gasteiger partial charge in [-0.25, -0.2) is 8.42 Å². The number of hydrogen-bond donors (Lipinski definition) is 1. The molecule has 154 valence electrons. The molecule has 2 aliphatic rings. The van der Waals surface area contributed by atoms with Gasteiger partial charge in [0.1, 0.15) is 6.54 Å². The minimum absolute atomic E-state index is 0.145.